The summed E-state index contributed by atoms with van der Waals surface area (Å²) in [6, 6.07) is 5.75. The number of hydrogen-bond donors (Lipinski definition) is 1. The number of halogens is 1. The van der Waals surface area contributed by atoms with Gasteiger partial charge in [0, 0.05) is 6.08 Å². The highest BCUT2D eigenvalue weighted by molar-refractivity contribution is 7.17. The second-order valence-electron chi connectivity index (χ2n) is 4.53. The molecule has 1 N–H and O–H groups in total. The summed E-state index contributed by atoms with van der Waals surface area (Å²) in [6.45, 7) is 3.67. The maximum Gasteiger partial charge on any atom is 0.350 e. The van der Waals surface area contributed by atoms with Crippen LogP contribution in [0.4, 0.5) is 9.52 Å². The first-order valence-electron chi connectivity index (χ1n) is 6.88. The Morgan fingerprint density at radius 3 is 2.70 bits per heavy atom. The van der Waals surface area contributed by atoms with Gasteiger partial charge in [0.25, 0.3) is 0 Å². The third-order valence-corrected chi connectivity index (χ3v) is 3.84. The minimum absolute atomic E-state index is 0.276. The van der Waals surface area contributed by atoms with E-state index in [9.17, 15) is 14.0 Å². The number of carbonyl (C=O) groups is 2. The van der Waals surface area contributed by atoms with E-state index >= 15 is 0 Å². The normalized spacial score (nSPS) is 10.7. The minimum atomic E-state index is -0.454. The Morgan fingerprint density at radius 2 is 2.04 bits per heavy atom. The lowest BCUT2D eigenvalue weighted by molar-refractivity contribution is -0.111. The van der Waals surface area contributed by atoms with Crippen molar-refractivity contribution in [3.8, 4) is 0 Å². The predicted octanol–water partition coefficient (Wildman–Crippen LogP) is 3.42. The highest BCUT2D eigenvalue weighted by Gasteiger charge is 2.16. The van der Waals surface area contributed by atoms with Crippen molar-refractivity contribution < 1.29 is 18.7 Å². The summed E-state index contributed by atoms with van der Waals surface area (Å²) < 4.78 is 17.7. The first-order valence-corrected chi connectivity index (χ1v) is 7.70. The van der Waals surface area contributed by atoms with Crippen LogP contribution in [0.1, 0.15) is 27.9 Å². The first-order chi connectivity index (χ1) is 11.0. The molecule has 120 valence electrons. The molecule has 0 saturated heterocycles. The fourth-order valence-corrected chi connectivity index (χ4v) is 2.59. The quantitative estimate of drug-likeness (QED) is 0.672. The number of amides is 1. The summed E-state index contributed by atoms with van der Waals surface area (Å²) in [5.74, 6) is -1.18. The molecule has 0 bridgehead atoms. The fourth-order valence-electron chi connectivity index (χ4n) is 1.73. The fraction of sp³-hybridized carbons (Fsp3) is 0.188. The van der Waals surface area contributed by atoms with Crippen LogP contribution in [-0.2, 0) is 9.53 Å². The Kier molecular flexibility index (Phi) is 5.59. The van der Waals surface area contributed by atoms with Crippen LogP contribution in [0.5, 0.6) is 0 Å². The van der Waals surface area contributed by atoms with Crippen molar-refractivity contribution in [2.45, 2.75) is 13.8 Å². The molecule has 7 heteroatoms. The van der Waals surface area contributed by atoms with Crippen LogP contribution >= 0.6 is 11.3 Å². The standard InChI is InChI=1S/C16H15FN2O3S/c1-3-22-15(21)14-10(2)18-16(23-14)19-13(20)9-6-11-4-7-12(17)8-5-11/h4-9H,3H2,1-2H3,(H,18,19,20)/b9-6+. The molecule has 0 atom stereocenters. The second kappa shape index (κ2) is 7.64. The largest absolute Gasteiger partial charge is 0.462 e. The van der Waals surface area contributed by atoms with E-state index in [-0.39, 0.29) is 12.4 Å². The van der Waals surface area contributed by atoms with Gasteiger partial charge in [-0.25, -0.2) is 14.2 Å². The summed E-state index contributed by atoms with van der Waals surface area (Å²) >= 11 is 1.06. The lowest BCUT2D eigenvalue weighted by Crippen LogP contribution is -2.07. The van der Waals surface area contributed by atoms with Crippen LogP contribution < -0.4 is 5.32 Å². The van der Waals surface area contributed by atoms with Gasteiger partial charge in [-0.2, -0.15) is 0 Å². The van der Waals surface area contributed by atoms with Crippen molar-refractivity contribution in [1.82, 2.24) is 4.98 Å². The number of aryl methyl sites for hydroxylation is 1. The first kappa shape index (κ1) is 16.8. The van der Waals surface area contributed by atoms with E-state index in [1.807, 2.05) is 0 Å². The molecule has 1 amide bonds. The molecule has 0 aliphatic rings. The Hall–Kier alpha value is -2.54. The molecule has 2 aromatic rings. The minimum Gasteiger partial charge on any atom is -0.462 e. The van der Waals surface area contributed by atoms with Gasteiger partial charge >= 0.3 is 5.97 Å². The zero-order chi connectivity index (χ0) is 16.8. The van der Waals surface area contributed by atoms with Crippen LogP contribution in [0.15, 0.2) is 30.3 Å². The topological polar surface area (TPSA) is 68.3 Å². The summed E-state index contributed by atoms with van der Waals surface area (Å²) in [5.41, 5.74) is 1.20. The summed E-state index contributed by atoms with van der Waals surface area (Å²) in [4.78, 5) is 28.0. The van der Waals surface area contributed by atoms with E-state index in [0.717, 1.165) is 11.3 Å². The van der Waals surface area contributed by atoms with E-state index < -0.39 is 11.9 Å². The average molecular weight is 334 g/mol. The lowest BCUT2D eigenvalue weighted by Gasteiger charge is -1.97. The highest BCUT2D eigenvalue weighted by Crippen LogP contribution is 2.23. The Morgan fingerprint density at radius 1 is 1.35 bits per heavy atom. The Balaban J connectivity index is 2.01. The summed E-state index contributed by atoms with van der Waals surface area (Å²) in [7, 11) is 0. The van der Waals surface area contributed by atoms with Crippen molar-refractivity contribution in [3.63, 3.8) is 0 Å². The van der Waals surface area contributed by atoms with Crippen molar-refractivity contribution >= 4 is 34.4 Å². The number of nitrogens with one attached hydrogen (secondary N) is 1. The Bertz CT molecular complexity index is 738. The Labute approximate surface area is 136 Å². The highest BCUT2D eigenvalue weighted by atomic mass is 32.1. The van der Waals surface area contributed by atoms with Gasteiger partial charge in [0.05, 0.1) is 12.3 Å². The number of hydrogen-bond acceptors (Lipinski definition) is 5. The van der Waals surface area contributed by atoms with Gasteiger partial charge in [-0.1, -0.05) is 23.5 Å². The molecule has 0 fully saturated rings. The molecule has 1 aromatic heterocycles. The molecular formula is C16H15FN2O3S. The van der Waals surface area contributed by atoms with E-state index in [2.05, 4.69) is 10.3 Å². The van der Waals surface area contributed by atoms with E-state index in [1.54, 1.807) is 32.1 Å². The average Bonchev–Trinajstić information content (AvgIpc) is 2.87. The maximum atomic E-state index is 12.8. The molecule has 5 nitrogen and oxygen atoms in total. The number of carbonyl (C=O) groups excluding carboxylic acids is 2. The number of benzene rings is 1. The van der Waals surface area contributed by atoms with Crippen LogP contribution in [0.2, 0.25) is 0 Å². The molecule has 0 aliphatic carbocycles. The molecule has 0 unspecified atom stereocenters. The van der Waals surface area contributed by atoms with Gasteiger partial charge in [-0.3, -0.25) is 10.1 Å². The van der Waals surface area contributed by atoms with Crippen LogP contribution in [-0.4, -0.2) is 23.5 Å². The van der Waals surface area contributed by atoms with E-state index in [0.29, 0.717) is 21.3 Å². The third-order valence-electron chi connectivity index (χ3n) is 2.78. The molecule has 0 radical (unpaired) electrons. The number of nitrogens with zero attached hydrogens (tertiary/aromatic N) is 1. The van der Waals surface area contributed by atoms with Gasteiger partial charge in [0.1, 0.15) is 10.7 Å². The monoisotopic (exact) mass is 334 g/mol. The summed E-state index contributed by atoms with van der Waals surface area (Å²) in [6.07, 6.45) is 2.87. The zero-order valence-electron chi connectivity index (χ0n) is 12.6. The summed E-state index contributed by atoms with van der Waals surface area (Å²) in [5, 5.41) is 2.90. The van der Waals surface area contributed by atoms with Crippen molar-refractivity contribution in [2.75, 3.05) is 11.9 Å². The zero-order valence-corrected chi connectivity index (χ0v) is 13.4. The van der Waals surface area contributed by atoms with Crippen LogP contribution in [0.3, 0.4) is 0 Å². The van der Waals surface area contributed by atoms with Gasteiger partial charge < -0.3 is 4.74 Å². The van der Waals surface area contributed by atoms with Crippen LogP contribution in [0, 0.1) is 12.7 Å². The van der Waals surface area contributed by atoms with Gasteiger partial charge in [0.15, 0.2) is 5.13 Å². The number of rotatable bonds is 5. The number of esters is 1. The molecule has 0 aliphatic heterocycles. The SMILES string of the molecule is CCOC(=O)c1sc(NC(=O)/C=C/c2ccc(F)cc2)nc1C. The number of ether oxygens (including phenoxy) is 1. The molecule has 1 heterocycles. The molecule has 2 rings (SSSR count). The molecular weight excluding hydrogens is 319 g/mol. The number of aromatic nitrogens is 1. The van der Waals surface area contributed by atoms with E-state index in [4.69, 9.17) is 4.74 Å². The molecule has 23 heavy (non-hydrogen) atoms. The smallest absolute Gasteiger partial charge is 0.350 e. The molecule has 0 spiro atoms. The van der Waals surface area contributed by atoms with Crippen molar-refractivity contribution in [2.24, 2.45) is 0 Å². The van der Waals surface area contributed by atoms with Crippen molar-refractivity contribution in [1.29, 1.82) is 0 Å². The lowest BCUT2D eigenvalue weighted by atomic mass is 10.2. The van der Waals surface area contributed by atoms with E-state index in [1.165, 1.54) is 18.2 Å². The number of anilines is 1. The number of thiazole rings is 1. The van der Waals surface area contributed by atoms with Gasteiger partial charge in [0.2, 0.25) is 5.91 Å². The van der Waals surface area contributed by atoms with Crippen LogP contribution in [0.25, 0.3) is 6.08 Å². The predicted molar refractivity (Wildman–Crippen MR) is 86.9 cm³/mol. The maximum absolute atomic E-state index is 12.8. The van der Waals surface area contributed by atoms with Gasteiger partial charge in [-0.05, 0) is 37.6 Å². The molecule has 1 aromatic carbocycles. The second-order valence-corrected chi connectivity index (χ2v) is 5.53. The molecule has 0 saturated carbocycles. The van der Waals surface area contributed by atoms with Crippen molar-refractivity contribution in [3.05, 3.63) is 52.3 Å². The van der Waals surface area contributed by atoms with Gasteiger partial charge in [-0.15, -0.1) is 0 Å². The third kappa shape index (κ3) is 4.72.